The van der Waals surface area contributed by atoms with Crippen molar-refractivity contribution >= 4 is 5.71 Å². The molecular weight excluding hydrogens is 350 g/mol. The van der Waals surface area contributed by atoms with Gasteiger partial charge in [0.15, 0.2) is 11.5 Å². The van der Waals surface area contributed by atoms with E-state index in [1.807, 2.05) is 30.3 Å². The smallest absolute Gasteiger partial charge is 0.231 e. The maximum atomic E-state index is 5.98. The molecule has 28 heavy (non-hydrogen) atoms. The van der Waals surface area contributed by atoms with Gasteiger partial charge in [-0.2, -0.15) is 0 Å². The highest BCUT2D eigenvalue weighted by molar-refractivity contribution is 6.04. The highest BCUT2D eigenvalue weighted by atomic mass is 16.7. The van der Waals surface area contributed by atoms with Gasteiger partial charge >= 0.3 is 0 Å². The predicted molar refractivity (Wildman–Crippen MR) is 109 cm³/mol. The van der Waals surface area contributed by atoms with Crippen molar-refractivity contribution in [2.24, 2.45) is 4.99 Å². The molecule has 5 rings (SSSR count). The molecule has 0 saturated heterocycles. The van der Waals surface area contributed by atoms with Crippen molar-refractivity contribution in [2.75, 3.05) is 13.3 Å². The normalized spacial score (nSPS) is 14.4. The number of rotatable bonds is 5. The molecule has 2 aliphatic heterocycles. The number of benzene rings is 3. The van der Waals surface area contributed by atoms with Crippen LogP contribution in [0, 0.1) is 0 Å². The van der Waals surface area contributed by atoms with Gasteiger partial charge < -0.3 is 14.2 Å². The Labute approximate surface area is 164 Å². The van der Waals surface area contributed by atoms with Crippen LogP contribution in [0.2, 0.25) is 0 Å². The summed E-state index contributed by atoms with van der Waals surface area (Å²) in [6, 6.07) is 22.7. The van der Waals surface area contributed by atoms with Gasteiger partial charge in [-0.25, -0.2) is 0 Å². The zero-order chi connectivity index (χ0) is 18.8. The van der Waals surface area contributed by atoms with Gasteiger partial charge in [-0.15, -0.1) is 0 Å². The first-order chi connectivity index (χ1) is 13.8. The van der Waals surface area contributed by atoms with E-state index in [0.29, 0.717) is 13.4 Å². The second-order valence-electron chi connectivity index (χ2n) is 7.04. The van der Waals surface area contributed by atoms with Crippen molar-refractivity contribution < 1.29 is 14.2 Å². The van der Waals surface area contributed by atoms with Gasteiger partial charge in [0.05, 0.1) is 0 Å². The van der Waals surface area contributed by atoms with Gasteiger partial charge in [-0.05, 0) is 47.4 Å². The van der Waals surface area contributed by atoms with Crippen LogP contribution in [0.25, 0.3) is 0 Å². The quantitative estimate of drug-likeness (QED) is 0.659. The lowest BCUT2D eigenvalue weighted by Gasteiger charge is -2.18. The van der Waals surface area contributed by atoms with Gasteiger partial charge in [0, 0.05) is 24.2 Å². The number of aliphatic imine (C=N–C) groups is 1. The first-order valence-corrected chi connectivity index (χ1v) is 9.57. The first-order valence-electron chi connectivity index (χ1n) is 9.57. The highest BCUT2D eigenvalue weighted by Gasteiger charge is 2.22. The minimum atomic E-state index is 0.297. The molecule has 0 atom stereocenters. The number of nitrogens with zero attached hydrogens (tertiary/aromatic N) is 1. The van der Waals surface area contributed by atoms with Crippen molar-refractivity contribution in [1.29, 1.82) is 0 Å². The molecule has 2 heterocycles. The molecule has 0 saturated carbocycles. The molecule has 0 radical (unpaired) electrons. The largest absolute Gasteiger partial charge is 0.489 e. The van der Waals surface area contributed by atoms with E-state index >= 15 is 0 Å². The number of fused-ring (bicyclic) bond motifs is 2. The lowest BCUT2D eigenvalue weighted by atomic mass is 9.93. The topological polar surface area (TPSA) is 40.0 Å². The van der Waals surface area contributed by atoms with E-state index in [4.69, 9.17) is 19.2 Å². The fraction of sp³-hybridized carbons (Fsp3) is 0.208. The summed E-state index contributed by atoms with van der Waals surface area (Å²) < 4.78 is 17.1. The van der Waals surface area contributed by atoms with Crippen LogP contribution in [-0.4, -0.2) is 19.0 Å². The Bertz CT molecular complexity index is 1030. The average molecular weight is 371 g/mol. The van der Waals surface area contributed by atoms with Crippen LogP contribution in [0.4, 0.5) is 0 Å². The van der Waals surface area contributed by atoms with Crippen LogP contribution in [0.3, 0.4) is 0 Å². The maximum Gasteiger partial charge on any atom is 0.231 e. The molecule has 0 unspecified atom stereocenters. The zero-order valence-corrected chi connectivity index (χ0v) is 15.6. The molecule has 0 amide bonds. The second-order valence-corrected chi connectivity index (χ2v) is 7.04. The third-order valence-electron chi connectivity index (χ3n) is 5.11. The monoisotopic (exact) mass is 371 g/mol. The SMILES string of the molecule is c1ccc(COc2cccc(CC3=NCCc4cc5c(cc43)OCO5)c2)cc1. The van der Waals surface area contributed by atoms with Gasteiger partial charge in [0.25, 0.3) is 0 Å². The van der Waals surface area contributed by atoms with E-state index in [-0.39, 0.29) is 0 Å². The molecule has 2 aliphatic rings. The molecule has 140 valence electrons. The molecule has 0 spiro atoms. The van der Waals surface area contributed by atoms with E-state index in [1.54, 1.807) is 0 Å². The molecule has 4 nitrogen and oxygen atoms in total. The summed E-state index contributed by atoms with van der Waals surface area (Å²) in [5, 5.41) is 0. The molecule has 4 heteroatoms. The highest BCUT2D eigenvalue weighted by Crippen LogP contribution is 2.36. The van der Waals surface area contributed by atoms with Gasteiger partial charge in [-0.1, -0.05) is 42.5 Å². The van der Waals surface area contributed by atoms with Crippen LogP contribution >= 0.6 is 0 Å². The van der Waals surface area contributed by atoms with Crippen molar-refractivity contribution in [3.8, 4) is 17.2 Å². The van der Waals surface area contributed by atoms with Crippen molar-refractivity contribution in [2.45, 2.75) is 19.4 Å². The van der Waals surface area contributed by atoms with E-state index in [9.17, 15) is 0 Å². The third kappa shape index (κ3) is 3.46. The zero-order valence-electron chi connectivity index (χ0n) is 15.6. The summed E-state index contributed by atoms with van der Waals surface area (Å²) in [4.78, 5) is 4.79. The van der Waals surface area contributed by atoms with Crippen LogP contribution in [-0.2, 0) is 19.4 Å². The molecular formula is C24H21NO3. The Morgan fingerprint density at radius 3 is 2.57 bits per heavy atom. The Kier molecular flexibility index (Phi) is 4.45. The van der Waals surface area contributed by atoms with Crippen molar-refractivity contribution in [3.63, 3.8) is 0 Å². The van der Waals surface area contributed by atoms with Crippen LogP contribution < -0.4 is 14.2 Å². The lowest BCUT2D eigenvalue weighted by Crippen LogP contribution is -2.15. The maximum absolute atomic E-state index is 5.98. The molecule has 3 aromatic rings. The summed E-state index contributed by atoms with van der Waals surface area (Å²) >= 11 is 0. The predicted octanol–water partition coefficient (Wildman–Crippen LogP) is 4.58. The lowest BCUT2D eigenvalue weighted by molar-refractivity contribution is 0.174. The summed E-state index contributed by atoms with van der Waals surface area (Å²) in [5.41, 5.74) is 5.90. The van der Waals surface area contributed by atoms with E-state index < -0.39 is 0 Å². The summed E-state index contributed by atoms with van der Waals surface area (Å²) in [6.07, 6.45) is 1.71. The molecule has 0 bridgehead atoms. The average Bonchev–Trinajstić information content (AvgIpc) is 3.20. The Morgan fingerprint density at radius 2 is 1.68 bits per heavy atom. The molecule has 3 aromatic carbocycles. The fourth-order valence-electron chi connectivity index (χ4n) is 3.69. The first kappa shape index (κ1) is 16.9. The fourth-order valence-corrected chi connectivity index (χ4v) is 3.69. The Hall–Kier alpha value is -3.27. The molecule has 0 aliphatic carbocycles. The van der Waals surface area contributed by atoms with E-state index in [1.165, 1.54) is 16.7 Å². The number of hydrogen-bond donors (Lipinski definition) is 0. The number of hydrogen-bond acceptors (Lipinski definition) is 4. The Morgan fingerprint density at radius 1 is 0.857 bits per heavy atom. The third-order valence-corrected chi connectivity index (χ3v) is 5.11. The molecule has 0 fully saturated rings. The standard InChI is InChI=1S/C24H21NO3/c1-2-5-17(6-3-1)15-26-20-8-4-7-18(11-20)12-22-21-14-24-23(27-16-28-24)13-19(21)9-10-25-22/h1-8,11,13-14H,9-10,12,15-16H2. The summed E-state index contributed by atoms with van der Waals surface area (Å²) in [7, 11) is 0. The van der Waals surface area contributed by atoms with Crippen LogP contribution in [0.5, 0.6) is 17.2 Å². The van der Waals surface area contributed by atoms with Gasteiger partial charge in [0.2, 0.25) is 6.79 Å². The molecule has 0 N–H and O–H groups in total. The van der Waals surface area contributed by atoms with E-state index in [0.717, 1.165) is 47.9 Å². The van der Waals surface area contributed by atoms with Crippen LogP contribution in [0.15, 0.2) is 71.7 Å². The summed E-state index contributed by atoms with van der Waals surface area (Å²) in [5.74, 6) is 2.54. The van der Waals surface area contributed by atoms with Gasteiger partial charge in [-0.3, -0.25) is 4.99 Å². The Balaban J connectivity index is 1.34. The van der Waals surface area contributed by atoms with Gasteiger partial charge in [0.1, 0.15) is 12.4 Å². The van der Waals surface area contributed by atoms with Crippen LogP contribution in [0.1, 0.15) is 22.3 Å². The summed E-state index contributed by atoms with van der Waals surface area (Å²) in [6.45, 7) is 1.68. The molecule has 0 aromatic heterocycles. The number of ether oxygens (including phenoxy) is 3. The van der Waals surface area contributed by atoms with Crippen molar-refractivity contribution in [3.05, 3.63) is 89.0 Å². The van der Waals surface area contributed by atoms with Crippen molar-refractivity contribution in [1.82, 2.24) is 0 Å². The second kappa shape index (κ2) is 7.39. The minimum absolute atomic E-state index is 0.297. The van der Waals surface area contributed by atoms with E-state index in [2.05, 4.69) is 36.4 Å². The minimum Gasteiger partial charge on any atom is -0.489 e.